The zero-order valence-corrected chi connectivity index (χ0v) is 19.3. The van der Waals surface area contributed by atoms with Crippen LogP contribution in [0, 0.1) is 6.92 Å². The van der Waals surface area contributed by atoms with Crippen molar-refractivity contribution < 1.29 is 22.4 Å². The second-order valence-electron chi connectivity index (χ2n) is 7.71. The first-order chi connectivity index (χ1) is 15.8. The van der Waals surface area contributed by atoms with Crippen molar-refractivity contribution in [2.24, 2.45) is 0 Å². The number of rotatable bonds is 6. The Morgan fingerprint density at radius 1 is 1.24 bits per heavy atom. The average Bonchev–Trinajstić information content (AvgIpc) is 3.29. The summed E-state index contributed by atoms with van der Waals surface area (Å²) in [7, 11) is -2.37. The van der Waals surface area contributed by atoms with Crippen LogP contribution in [0.25, 0.3) is 11.5 Å². The van der Waals surface area contributed by atoms with E-state index in [1.807, 2.05) is 0 Å². The molecule has 12 heteroatoms. The molecule has 1 aromatic carbocycles. The smallest absolute Gasteiger partial charge is 0.250 e. The lowest BCUT2D eigenvalue weighted by atomic mass is 10.00. The van der Waals surface area contributed by atoms with Gasteiger partial charge in [0.1, 0.15) is 11.6 Å². The maximum Gasteiger partial charge on any atom is 0.250 e. The van der Waals surface area contributed by atoms with Crippen LogP contribution < -0.4 is 10.1 Å². The number of carbonyl (C=O) groups excluding carboxylic acids is 1. The molecule has 4 rings (SSSR count). The molecule has 0 unspecified atom stereocenters. The van der Waals surface area contributed by atoms with Crippen LogP contribution in [-0.4, -0.2) is 59.0 Å². The summed E-state index contributed by atoms with van der Waals surface area (Å²) in [5.41, 5.74) is 0.893. The molecular weight excluding hydrogens is 448 g/mol. The second kappa shape index (κ2) is 9.24. The number of hydrogen-bond donors (Lipinski definition) is 1. The number of ether oxygens (including phenoxy) is 1. The largest absolute Gasteiger partial charge is 0.495 e. The number of nitrogens with zero attached hydrogens (tertiary/aromatic N) is 5. The van der Waals surface area contributed by atoms with Gasteiger partial charge >= 0.3 is 0 Å². The number of nitrogens with one attached hydrogen (secondary N) is 1. The molecule has 3 heterocycles. The molecule has 0 radical (unpaired) electrons. The minimum absolute atomic E-state index is 0.0655. The van der Waals surface area contributed by atoms with Crippen molar-refractivity contribution in [2.45, 2.75) is 37.5 Å². The van der Waals surface area contributed by atoms with Crippen LogP contribution in [0.1, 0.15) is 37.4 Å². The van der Waals surface area contributed by atoms with Gasteiger partial charge in [0.05, 0.1) is 29.2 Å². The minimum Gasteiger partial charge on any atom is -0.495 e. The molecule has 1 amide bonds. The van der Waals surface area contributed by atoms with Crippen LogP contribution in [0.5, 0.6) is 5.75 Å². The fraction of sp³-hybridized carbons (Fsp3) is 0.381. The lowest BCUT2D eigenvalue weighted by Crippen LogP contribution is -2.39. The Morgan fingerprint density at radius 3 is 2.70 bits per heavy atom. The molecule has 11 nitrogen and oxygen atoms in total. The van der Waals surface area contributed by atoms with E-state index < -0.39 is 10.0 Å². The van der Waals surface area contributed by atoms with Crippen molar-refractivity contribution in [3.05, 3.63) is 42.3 Å². The van der Waals surface area contributed by atoms with Crippen molar-refractivity contribution in [1.29, 1.82) is 0 Å². The standard InChI is InChI=1S/C21H24N6O5S/c1-13-22-10-16(11-23-13)21-26-25-20(32-21)15-5-4-8-27(12-15)33(29,30)17-6-7-19(31-3)18(9-17)24-14(2)28/h6-7,9-11,15H,4-5,8,12H2,1-3H3,(H,24,28)/t15-/m1/s1. The predicted molar refractivity (Wildman–Crippen MR) is 118 cm³/mol. The third-order valence-corrected chi connectivity index (χ3v) is 7.18. The molecule has 1 aliphatic rings. The van der Waals surface area contributed by atoms with Crippen molar-refractivity contribution in [3.63, 3.8) is 0 Å². The molecule has 2 aromatic heterocycles. The van der Waals surface area contributed by atoms with Gasteiger partial charge in [-0.25, -0.2) is 18.4 Å². The average molecular weight is 473 g/mol. The molecule has 1 fully saturated rings. The van der Waals surface area contributed by atoms with E-state index in [9.17, 15) is 13.2 Å². The molecule has 0 saturated carbocycles. The van der Waals surface area contributed by atoms with Gasteiger partial charge < -0.3 is 14.5 Å². The molecular formula is C21H24N6O5S. The summed E-state index contributed by atoms with van der Waals surface area (Å²) >= 11 is 0. The Hall–Kier alpha value is -3.38. The van der Waals surface area contributed by atoms with Crippen LogP contribution in [0.15, 0.2) is 39.9 Å². The number of methoxy groups -OCH3 is 1. The third kappa shape index (κ3) is 4.86. The van der Waals surface area contributed by atoms with Crippen molar-refractivity contribution in [1.82, 2.24) is 24.5 Å². The zero-order valence-electron chi connectivity index (χ0n) is 18.5. The van der Waals surface area contributed by atoms with Gasteiger partial charge in [-0.1, -0.05) is 0 Å². The summed E-state index contributed by atoms with van der Waals surface area (Å²) in [6.45, 7) is 3.70. The summed E-state index contributed by atoms with van der Waals surface area (Å²) in [6, 6.07) is 4.39. The number of benzene rings is 1. The normalized spacial score (nSPS) is 17.0. The van der Waals surface area contributed by atoms with E-state index in [1.165, 1.54) is 36.5 Å². The number of aryl methyl sites for hydroxylation is 1. The summed E-state index contributed by atoms with van der Waals surface area (Å²) in [4.78, 5) is 19.8. The number of aromatic nitrogens is 4. The first kappa shape index (κ1) is 22.8. The summed E-state index contributed by atoms with van der Waals surface area (Å²) in [5, 5.41) is 10.8. The lowest BCUT2D eigenvalue weighted by Gasteiger charge is -2.30. The number of anilines is 1. The summed E-state index contributed by atoms with van der Waals surface area (Å²) < 4.78 is 39.1. The van der Waals surface area contributed by atoms with E-state index >= 15 is 0 Å². The molecule has 33 heavy (non-hydrogen) atoms. The van der Waals surface area contributed by atoms with Crippen molar-refractivity contribution in [2.75, 3.05) is 25.5 Å². The van der Waals surface area contributed by atoms with Gasteiger partial charge in [-0.15, -0.1) is 10.2 Å². The van der Waals surface area contributed by atoms with Gasteiger partial charge in [0.2, 0.25) is 21.8 Å². The van der Waals surface area contributed by atoms with Crippen LogP contribution in [-0.2, 0) is 14.8 Å². The fourth-order valence-electron chi connectivity index (χ4n) is 3.67. The van der Waals surface area contributed by atoms with Gasteiger partial charge in [-0.2, -0.15) is 4.31 Å². The first-order valence-corrected chi connectivity index (χ1v) is 11.8. The molecule has 1 atom stereocenters. The molecule has 0 spiro atoms. The minimum atomic E-state index is -3.82. The molecule has 174 valence electrons. The molecule has 1 N–H and O–H groups in total. The van der Waals surface area contributed by atoms with E-state index in [-0.39, 0.29) is 23.3 Å². The predicted octanol–water partition coefficient (Wildman–Crippen LogP) is 2.37. The van der Waals surface area contributed by atoms with Crippen LogP contribution in [0.2, 0.25) is 0 Å². The Balaban J connectivity index is 1.56. The highest BCUT2D eigenvalue weighted by Gasteiger charge is 2.34. The van der Waals surface area contributed by atoms with Crippen LogP contribution in [0.3, 0.4) is 0 Å². The van der Waals surface area contributed by atoms with Gasteiger partial charge in [0.25, 0.3) is 5.89 Å². The zero-order chi connectivity index (χ0) is 23.6. The highest BCUT2D eigenvalue weighted by molar-refractivity contribution is 7.89. The maximum atomic E-state index is 13.3. The first-order valence-electron chi connectivity index (χ1n) is 10.4. The van der Waals surface area contributed by atoms with Gasteiger partial charge in [-0.3, -0.25) is 4.79 Å². The molecule has 0 aliphatic carbocycles. The van der Waals surface area contributed by atoms with Crippen molar-refractivity contribution >= 4 is 21.6 Å². The topological polar surface area (TPSA) is 140 Å². The summed E-state index contributed by atoms with van der Waals surface area (Å²) in [5.74, 6) is 1.10. The Labute approximate surface area is 191 Å². The van der Waals surface area contributed by atoms with E-state index in [0.717, 1.165) is 6.42 Å². The van der Waals surface area contributed by atoms with E-state index in [0.29, 0.717) is 47.6 Å². The highest BCUT2D eigenvalue weighted by atomic mass is 32.2. The lowest BCUT2D eigenvalue weighted by molar-refractivity contribution is -0.114. The molecule has 3 aromatic rings. The number of amides is 1. The van der Waals surface area contributed by atoms with Gasteiger partial charge in [0, 0.05) is 32.4 Å². The van der Waals surface area contributed by atoms with Crippen LogP contribution >= 0.6 is 0 Å². The quantitative estimate of drug-likeness (QED) is 0.572. The van der Waals surface area contributed by atoms with Crippen molar-refractivity contribution in [3.8, 4) is 17.2 Å². The second-order valence-corrected chi connectivity index (χ2v) is 9.65. The Morgan fingerprint density at radius 2 is 2.00 bits per heavy atom. The Bertz CT molecular complexity index is 1260. The SMILES string of the molecule is COc1ccc(S(=O)(=O)N2CCC[C@@H](c3nnc(-c4cnc(C)nc4)o3)C2)cc1NC(C)=O. The number of hydrogen-bond acceptors (Lipinski definition) is 9. The highest BCUT2D eigenvalue weighted by Crippen LogP contribution is 2.33. The van der Waals surface area contributed by atoms with Crippen LogP contribution in [0.4, 0.5) is 5.69 Å². The summed E-state index contributed by atoms with van der Waals surface area (Å²) in [6.07, 6.45) is 4.57. The van der Waals surface area contributed by atoms with E-state index in [2.05, 4.69) is 25.5 Å². The fourth-order valence-corrected chi connectivity index (χ4v) is 5.22. The Kier molecular flexibility index (Phi) is 6.38. The monoisotopic (exact) mass is 472 g/mol. The maximum absolute atomic E-state index is 13.3. The molecule has 1 aliphatic heterocycles. The molecule has 0 bridgehead atoms. The van der Waals surface area contributed by atoms with E-state index in [1.54, 1.807) is 19.3 Å². The number of sulfonamides is 1. The van der Waals surface area contributed by atoms with Gasteiger partial charge in [0.15, 0.2) is 0 Å². The number of carbonyl (C=O) groups is 1. The third-order valence-electron chi connectivity index (χ3n) is 5.32. The number of piperidine rings is 1. The van der Waals surface area contributed by atoms with E-state index in [4.69, 9.17) is 9.15 Å². The van der Waals surface area contributed by atoms with Gasteiger partial charge in [-0.05, 0) is 38.0 Å². The molecule has 1 saturated heterocycles.